The molecule has 0 aromatic heterocycles. The van der Waals surface area contributed by atoms with Crippen molar-refractivity contribution in [3.8, 4) is 0 Å². The van der Waals surface area contributed by atoms with Crippen LogP contribution in [0.4, 0.5) is 5.69 Å². The second kappa shape index (κ2) is 6.75. The van der Waals surface area contributed by atoms with Gasteiger partial charge in [-0.3, -0.25) is 9.69 Å². The Morgan fingerprint density at radius 3 is 2.55 bits per heavy atom. The zero-order valence-electron chi connectivity index (χ0n) is 12.4. The van der Waals surface area contributed by atoms with E-state index < -0.39 is 5.97 Å². The van der Waals surface area contributed by atoms with Crippen LogP contribution in [0.25, 0.3) is 0 Å². The summed E-state index contributed by atoms with van der Waals surface area (Å²) in [6.45, 7) is 8.75. The third-order valence-electron chi connectivity index (χ3n) is 3.95. The molecule has 1 heterocycles. The highest BCUT2D eigenvalue weighted by atomic mass is 16.4. The molecule has 0 saturated carbocycles. The number of nitrogens with zero attached hydrogens (tertiary/aromatic N) is 2. The topological polar surface area (TPSA) is 43.8 Å². The Kier molecular flexibility index (Phi) is 5.01. The fraction of sp³-hybridized carbons (Fsp3) is 0.562. The monoisotopic (exact) mass is 276 g/mol. The highest BCUT2D eigenvalue weighted by Crippen LogP contribution is 2.19. The quantitative estimate of drug-likeness (QED) is 0.895. The first-order valence-corrected chi connectivity index (χ1v) is 7.36. The van der Waals surface area contributed by atoms with E-state index >= 15 is 0 Å². The molecule has 4 nitrogen and oxygen atoms in total. The summed E-state index contributed by atoms with van der Waals surface area (Å²) in [6.07, 6.45) is 0.805. The van der Waals surface area contributed by atoms with E-state index in [1.807, 2.05) is 12.1 Å². The Morgan fingerprint density at radius 2 is 1.95 bits per heavy atom. The number of hydrogen-bond donors (Lipinski definition) is 1. The van der Waals surface area contributed by atoms with Crippen molar-refractivity contribution in [2.45, 2.75) is 32.7 Å². The predicted octanol–water partition coefficient (Wildman–Crippen LogP) is 2.23. The average Bonchev–Trinajstić information content (AvgIpc) is 2.45. The minimum absolute atomic E-state index is 0.199. The number of anilines is 1. The first-order valence-electron chi connectivity index (χ1n) is 7.36. The summed E-state index contributed by atoms with van der Waals surface area (Å²) in [5, 5.41) is 8.76. The van der Waals surface area contributed by atoms with E-state index in [1.165, 1.54) is 5.69 Å². The van der Waals surface area contributed by atoms with E-state index in [9.17, 15) is 4.79 Å². The lowest BCUT2D eigenvalue weighted by Gasteiger charge is -2.38. The molecule has 0 amide bonds. The summed E-state index contributed by atoms with van der Waals surface area (Å²) < 4.78 is 0. The molecule has 0 bridgehead atoms. The van der Waals surface area contributed by atoms with Crippen LogP contribution in [0.1, 0.15) is 25.8 Å². The van der Waals surface area contributed by atoms with Crippen LogP contribution >= 0.6 is 0 Å². The van der Waals surface area contributed by atoms with Crippen LogP contribution in [0, 0.1) is 0 Å². The number of piperazine rings is 1. The lowest BCUT2D eigenvalue weighted by molar-refractivity contribution is -0.136. The molecule has 1 fully saturated rings. The highest BCUT2D eigenvalue weighted by molar-refractivity contribution is 5.67. The molecule has 1 aliphatic rings. The number of aryl methyl sites for hydroxylation is 1. The smallest absolute Gasteiger partial charge is 0.303 e. The van der Waals surface area contributed by atoms with Gasteiger partial charge in [0.05, 0.1) is 0 Å². The van der Waals surface area contributed by atoms with Crippen LogP contribution in [0.2, 0.25) is 0 Å². The molecular formula is C16H24N2O2. The van der Waals surface area contributed by atoms with Gasteiger partial charge in [0.1, 0.15) is 0 Å². The summed E-state index contributed by atoms with van der Waals surface area (Å²) in [7, 11) is 0. The van der Waals surface area contributed by atoms with Gasteiger partial charge in [0, 0.05) is 44.3 Å². The summed E-state index contributed by atoms with van der Waals surface area (Å²) in [4.78, 5) is 15.5. The van der Waals surface area contributed by atoms with E-state index in [-0.39, 0.29) is 6.42 Å². The van der Waals surface area contributed by atoms with Crippen LogP contribution in [0.5, 0.6) is 0 Å². The number of hydrogen-bond acceptors (Lipinski definition) is 3. The highest BCUT2D eigenvalue weighted by Gasteiger charge is 2.18. The van der Waals surface area contributed by atoms with Crippen LogP contribution < -0.4 is 4.90 Å². The Labute approximate surface area is 121 Å². The lowest BCUT2D eigenvalue weighted by Crippen LogP contribution is -2.48. The van der Waals surface area contributed by atoms with Crippen LogP contribution in [0.15, 0.2) is 24.3 Å². The third-order valence-corrected chi connectivity index (χ3v) is 3.95. The molecule has 0 radical (unpaired) electrons. The van der Waals surface area contributed by atoms with Crippen molar-refractivity contribution >= 4 is 11.7 Å². The van der Waals surface area contributed by atoms with Gasteiger partial charge in [-0.1, -0.05) is 12.1 Å². The molecule has 4 heteroatoms. The number of carboxylic acid groups (broad SMARTS) is 1. The molecular weight excluding hydrogens is 252 g/mol. The molecule has 1 aromatic carbocycles. The third kappa shape index (κ3) is 3.97. The van der Waals surface area contributed by atoms with Crippen molar-refractivity contribution in [1.29, 1.82) is 0 Å². The molecule has 0 aliphatic carbocycles. The normalized spacial score (nSPS) is 16.6. The van der Waals surface area contributed by atoms with Crippen molar-refractivity contribution in [2.24, 2.45) is 0 Å². The van der Waals surface area contributed by atoms with Gasteiger partial charge in [-0.05, 0) is 38.0 Å². The van der Waals surface area contributed by atoms with Crippen LogP contribution in [-0.4, -0.2) is 48.2 Å². The maximum absolute atomic E-state index is 10.6. The molecule has 1 aliphatic heterocycles. The van der Waals surface area contributed by atoms with Gasteiger partial charge in [0.2, 0.25) is 0 Å². The van der Waals surface area contributed by atoms with Crippen molar-refractivity contribution in [1.82, 2.24) is 4.90 Å². The van der Waals surface area contributed by atoms with Crippen LogP contribution in [-0.2, 0) is 11.2 Å². The zero-order valence-corrected chi connectivity index (χ0v) is 12.4. The van der Waals surface area contributed by atoms with E-state index in [4.69, 9.17) is 5.11 Å². The largest absolute Gasteiger partial charge is 0.481 e. The first kappa shape index (κ1) is 14.9. The Morgan fingerprint density at radius 1 is 1.25 bits per heavy atom. The van der Waals surface area contributed by atoms with Gasteiger partial charge >= 0.3 is 5.97 Å². The molecule has 1 saturated heterocycles. The minimum atomic E-state index is -0.735. The van der Waals surface area contributed by atoms with Crippen molar-refractivity contribution < 1.29 is 9.90 Å². The molecule has 0 unspecified atom stereocenters. The Bertz CT molecular complexity index is 452. The lowest BCUT2D eigenvalue weighted by atomic mass is 10.1. The zero-order chi connectivity index (χ0) is 14.5. The second-order valence-electron chi connectivity index (χ2n) is 5.68. The second-order valence-corrected chi connectivity index (χ2v) is 5.68. The van der Waals surface area contributed by atoms with E-state index in [2.05, 4.69) is 35.8 Å². The fourth-order valence-corrected chi connectivity index (χ4v) is 2.66. The minimum Gasteiger partial charge on any atom is -0.481 e. The van der Waals surface area contributed by atoms with E-state index in [1.54, 1.807) is 0 Å². The maximum atomic E-state index is 10.6. The Balaban J connectivity index is 1.96. The average molecular weight is 276 g/mol. The molecule has 0 spiro atoms. The predicted molar refractivity (Wildman–Crippen MR) is 81.3 cm³/mol. The van der Waals surface area contributed by atoms with E-state index in [0.717, 1.165) is 31.7 Å². The van der Waals surface area contributed by atoms with Gasteiger partial charge in [0.25, 0.3) is 0 Å². The number of rotatable bonds is 5. The van der Waals surface area contributed by atoms with E-state index in [0.29, 0.717) is 12.5 Å². The summed E-state index contributed by atoms with van der Waals surface area (Å²) >= 11 is 0. The number of benzene rings is 1. The summed E-state index contributed by atoms with van der Waals surface area (Å²) in [5.74, 6) is -0.735. The standard InChI is InChI=1S/C16H24N2O2/c1-13(2)17-8-10-18(11-9-17)15-5-3-4-14(12-15)6-7-16(19)20/h3-5,12-13H,6-11H2,1-2H3,(H,19,20). The number of carbonyl (C=O) groups is 1. The van der Waals surface area contributed by atoms with Gasteiger partial charge in [-0.15, -0.1) is 0 Å². The fourth-order valence-electron chi connectivity index (χ4n) is 2.66. The van der Waals surface area contributed by atoms with Crippen molar-refractivity contribution in [3.63, 3.8) is 0 Å². The van der Waals surface area contributed by atoms with Gasteiger partial charge in [-0.2, -0.15) is 0 Å². The number of aliphatic carboxylic acids is 1. The molecule has 1 aromatic rings. The molecule has 1 N–H and O–H groups in total. The molecule has 20 heavy (non-hydrogen) atoms. The van der Waals surface area contributed by atoms with Crippen LogP contribution in [0.3, 0.4) is 0 Å². The SMILES string of the molecule is CC(C)N1CCN(c2cccc(CCC(=O)O)c2)CC1. The van der Waals surface area contributed by atoms with Crippen molar-refractivity contribution in [2.75, 3.05) is 31.1 Å². The van der Waals surface area contributed by atoms with Gasteiger partial charge in [0.15, 0.2) is 0 Å². The Hall–Kier alpha value is -1.55. The van der Waals surface area contributed by atoms with Crippen molar-refractivity contribution in [3.05, 3.63) is 29.8 Å². The first-order chi connectivity index (χ1) is 9.56. The molecule has 110 valence electrons. The molecule has 2 rings (SSSR count). The van der Waals surface area contributed by atoms with Gasteiger partial charge < -0.3 is 10.0 Å². The maximum Gasteiger partial charge on any atom is 0.303 e. The summed E-state index contributed by atoms with van der Waals surface area (Å²) in [6, 6.07) is 8.90. The van der Waals surface area contributed by atoms with Gasteiger partial charge in [-0.25, -0.2) is 0 Å². The molecule has 0 atom stereocenters. The summed E-state index contributed by atoms with van der Waals surface area (Å²) in [5.41, 5.74) is 2.33. The number of carboxylic acids is 1.